The smallest absolute Gasteiger partial charge is 0.242 e. The molecule has 1 amide bonds. The van der Waals surface area contributed by atoms with E-state index in [-0.39, 0.29) is 12.5 Å². The van der Waals surface area contributed by atoms with Crippen molar-refractivity contribution >= 4 is 17.4 Å². The van der Waals surface area contributed by atoms with Crippen molar-refractivity contribution in [1.29, 1.82) is 0 Å². The standard InChI is InChI=1S/C15H24N4O2/c1-11(16)15(21)18-14-6-5-13(10-17-14)19-8-3-2-4-12(19)7-9-20/h5-6,10-12,20H,2-4,7-9,16H2,1H3,(H,17,18,21). The van der Waals surface area contributed by atoms with Crippen LogP contribution in [0, 0.1) is 0 Å². The highest BCUT2D eigenvalue weighted by Gasteiger charge is 2.22. The van der Waals surface area contributed by atoms with Gasteiger partial charge >= 0.3 is 0 Å². The van der Waals surface area contributed by atoms with Gasteiger partial charge in [-0.1, -0.05) is 0 Å². The van der Waals surface area contributed by atoms with Gasteiger partial charge in [-0.25, -0.2) is 4.98 Å². The van der Waals surface area contributed by atoms with Crippen molar-refractivity contribution < 1.29 is 9.90 Å². The van der Waals surface area contributed by atoms with Gasteiger partial charge in [0, 0.05) is 19.2 Å². The van der Waals surface area contributed by atoms with Gasteiger partial charge in [0.1, 0.15) is 5.82 Å². The maximum Gasteiger partial charge on any atom is 0.242 e. The Bertz CT molecular complexity index is 459. The fourth-order valence-corrected chi connectivity index (χ4v) is 2.66. The molecule has 2 unspecified atom stereocenters. The number of nitrogens with zero attached hydrogens (tertiary/aromatic N) is 2. The first-order chi connectivity index (χ1) is 10.1. The second-order valence-corrected chi connectivity index (χ2v) is 5.53. The van der Waals surface area contributed by atoms with Gasteiger partial charge in [-0.05, 0) is 44.7 Å². The average Bonchev–Trinajstić information content (AvgIpc) is 2.49. The fraction of sp³-hybridized carbons (Fsp3) is 0.600. The van der Waals surface area contributed by atoms with Crippen molar-refractivity contribution in [3.63, 3.8) is 0 Å². The van der Waals surface area contributed by atoms with E-state index >= 15 is 0 Å². The molecule has 116 valence electrons. The van der Waals surface area contributed by atoms with E-state index in [0.717, 1.165) is 31.5 Å². The van der Waals surface area contributed by atoms with Crippen LogP contribution in [0.25, 0.3) is 0 Å². The number of hydrogen-bond acceptors (Lipinski definition) is 5. The molecule has 21 heavy (non-hydrogen) atoms. The van der Waals surface area contributed by atoms with Crippen LogP contribution in [-0.4, -0.2) is 41.2 Å². The van der Waals surface area contributed by atoms with Gasteiger partial charge in [0.2, 0.25) is 5.91 Å². The number of aromatic nitrogens is 1. The first-order valence-electron chi connectivity index (χ1n) is 7.52. The van der Waals surface area contributed by atoms with Crippen LogP contribution in [0.5, 0.6) is 0 Å². The largest absolute Gasteiger partial charge is 0.396 e. The van der Waals surface area contributed by atoms with Gasteiger partial charge in [0.15, 0.2) is 0 Å². The number of carbonyl (C=O) groups excluding carboxylic acids is 1. The summed E-state index contributed by atoms with van der Waals surface area (Å²) in [5.74, 6) is 0.267. The Morgan fingerprint density at radius 2 is 2.38 bits per heavy atom. The maximum absolute atomic E-state index is 11.5. The van der Waals surface area contributed by atoms with Crippen LogP contribution in [0.1, 0.15) is 32.6 Å². The summed E-state index contributed by atoms with van der Waals surface area (Å²) < 4.78 is 0. The van der Waals surface area contributed by atoms with Gasteiger partial charge in [-0.3, -0.25) is 4.79 Å². The van der Waals surface area contributed by atoms with E-state index in [4.69, 9.17) is 5.73 Å². The Morgan fingerprint density at radius 3 is 3.00 bits per heavy atom. The lowest BCUT2D eigenvalue weighted by molar-refractivity contribution is -0.117. The van der Waals surface area contributed by atoms with E-state index in [1.807, 2.05) is 6.07 Å². The van der Waals surface area contributed by atoms with Crippen LogP contribution >= 0.6 is 0 Å². The van der Waals surface area contributed by atoms with Crippen molar-refractivity contribution in [3.8, 4) is 0 Å². The van der Waals surface area contributed by atoms with Crippen molar-refractivity contribution in [2.24, 2.45) is 5.73 Å². The number of hydrogen-bond donors (Lipinski definition) is 3. The van der Waals surface area contributed by atoms with E-state index in [9.17, 15) is 9.90 Å². The number of aliphatic hydroxyl groups excluding tert-OH is 1. The monoisotopic (exact) mass is 292 g/mol. The Balaban J connectivity index is 2.05. The lowest BCUT2D eigenvalue weighted by Gasteiger charge is -2.37. The normalized spacial score (nSPS) is 20.1. The summed E-state index contributed by atoms with van der Waals surface area (Å²) in [4.78, 5) is 18.1. The van der Waals surface area contributed by atoms with Gasteiger partial charge < -0.3 is 21.1 Å². The molecular formula is C15H24N4O2. The maximum atomic E-state index is 11.5. The molecule has 1 aromatic heterocycles. The fourth-order valence-electron chi connectivity index (χ4n) is 2.66. The quantitative estimate of drug-likeness (QED) is 0.756. The van der Waals surface area contributed by atoms with E-state index < -0.39 is 6.04 Å². The number of anilines is 2. The van der Waals surface area contributed by atoms with E-state index in [1.54, 1.807) is 19.2 Å². The minimum Gasteiger partial charge on any atom is -0.396 e. The molecule has 2 rings (SSSR count). The summed E-state index contributed by atoms with van der Waals surface area (Å²) in [6.45, 7) is 2.83. The molecule has 1 aromatic rings. The first kappa shape index (κ1) is 15.7. The first-order valence-corrected chi connectivity index (χ1v) is 7.52. The zero-order chi connectivity index (χ0) is 15.2. The Morgan fingerprint density at radius 1 is 1.57 bits per heavy atom. The Labute approximate surface area is 125 Å². The summed E-state index contributed by atoms with van der Waals surface area (Å²) in [5, 5.41) is 11.9. The number of aliphatic hydroxyl groups is 1. The lowest BCUT2D eigenvalue weighted by Crippen LogP contribution is -2.40. The summed E-state index contributed by atoms with van der Waals surface area (Å²) in [6.07, 6.45) is 6.02. The Kier molecular flexibility index (Phi) is 5.52. The summed E-state index contributed by atoms with van der Waals surface area (Å²) in [7, 11) is 0. The molecule has 2 atom stereocenters. The van der Waals surface area contributed by atoms with E-state index in [1.165, 1.54) is 6.42 Å². The zero-order valence-corrected chi connectivity index (χ0v) is 12.5. The lowest BCUT2D eigenvalue weighted by atomic mass is 9.99. The van der Waals surface area contributed by atoms with Crippen LogP contribution in [0.4, 0.5) is 11.5 Å². The summed E-state index contributed by atoms with van der Waals surface area (Å²) >= 11 is 0. The molecule has 0 aromatic carbocycles. The van der Waals surface area contributed by atoms with Gasteiger partial charge in [-0.15, -0.1) is 0 Å². The molecule has 6 heteroatoms. The third-order valence-electron chi connectivity index (χ3n) is 3.83. The van der Waals surface area contributed by atoms with Crippen LogP contribution in [-0.2, 0) is 4.79 Å². The van der Waals surface area contributed by atoms with Gasteiger partial charge in [-0.2, -0.15) is 0 Å². The third kappa shape index (κ3) is 4.15. The minimum absolute atomic E-state index is 0.205. The number of rotatable bonds is 5. The molecule has 1 saturated heterocycles. The van der Waals surface area contributed by atoms with E-state index in [2.05, 4.69) is 15.2 Å². The van der Waals surface area contributed by atoms with Crippen molar-refractivity contribution in [2.75, 3.05) is 23.4 Å². The SMILES string of the molecule is CC(N)C(=O)Nc1ccc(N2CCCCC2CCO)cn1. The molecule has 0 radical (unpaired) electrons. The highest BCUT2D eigenvalue weighted by Crippen LogP contribution is 2.26. The highest BCUT2D eigenvalue weighted by molar-refractivity contribution is 5.93. The van der Waals surface area contributed by atoms with Crippen LogP contribution < -0.4 is 16.0 Å². The molecular weight excluding hydrogens is 268 g/mol. The molecule has 1 fully saturated rings. The minimum atomic E-state index is -0.553. The topological polar surface area (TPSA) is 91.5 Å². The molecule has 1 aliphatic rings. The molecule has 6 nitrogen and oxygen atoms in total. The second kappa shape index (κ2) is 7.38. The molecule has 0 spiro atoms. The molecule has 1 aliphatic heterocycles. The molecule has 2 heterocycles. The number of pyridine rings is 1. The summed E-state index contributed by atoms with van der Waals surface area (Å²) in [6, 6.07) is 3.57. The third-order valence-corrected chi connectivity index (χ3v) is 3.83. The second-order valence-electron chi connectivity index (χ2n) is 5.53. The number of nitrogens with one attached hydrogen (secondary N) is 1. The molecule has 0 bridgehead atoms. The number of piperidine rings is 1. The summed E-state index contributed by atoms with van der Waals surface area (Å²) in [5.41, 5.74) is 6.54. The predicted molar refractivity (Wildman–Crippen MR) is 83.2 cm³/mol. The van der Waals surface area contributed by atoms with Crippen LogP contribution in [0.2, 0.25) is 0 Å². The van der Waals surface area contributed by atoms with E-state index in [0.29, 0.717) is 11.9 Å². The van der Waals surface area contributed by atoms with Crippen molar-refractivity contribution in [1.82, 2.24) is 4.98 Å². The predicted octanol–water partition coefficient (Wildman–Crippen LogP) is 1.11. The average molecular weight is 292 g/mol. The highest BCUT2D eigenvalue weighted by atomic mass is 16.3. The number of carbonyl (C=O) groups is 1. The zero-order valence-electron chi connectivity index (χ0n) is 12.5. The number of amides is 1. The molecule has 0 aliphatic carbocycles. The van der Waals surface area contributed by atoms with Crippen LogP contribution in [0.3, 0.4) is 0 Å². The van der Waals surface area contributed by atoms with Crippen molar-refractivity contribution in [2.45, 2.75) is 44.7 Å². The number of nitrogens with two attached hydrogens (primary N) is 1. The molecule has 0 saturated carbocycles. The van der Waals surface area contributed by atoms with Gasteiger partial charge in [0.25, 0.3) is 0 Å². The van der Waals surface area contributed by atoms with Crippen LogP contribution in [0.15, 0.2) is 18.3 Å². The Hall–Kier alpha value is -1.66. The molecule has 4 N–H and O–H groups in total. The van der Waals surface area contributed by atoms with Crippen molar-refractivity contribution in [3.05, 3.63) is 18.3 Å². The van der Waals surface area contributed by atoms with Gasteiger partial charge in [0.05, 0.1) is 17.9 Å².